The van der Waals surface area contributed by atoms with Crippen molar-refractivity contribution in [3.63, 3.8) is 0 Å². The first-order valence-electron chi connectivity index (χ1n) is 6.28. The zero-order valence-corrected chi connectivity index (χ0v) is 12.1. The molecule has 0 amide bonds. The Kier molecular flexibility index (Phi) is 4.63. The molecule has 0 aliphatic carbocycles. The Balaban J connectivity index is 2.25. The maximum absolute atomic E-state index is 13.4. The van der Waals surface area contributed by atoms with Gasteiger partial charge in [0, 0.05) is 12.0 Å². The highest BCUT2D eigenvalue weighted by Crippen LogP contribution is 2.29. The monoisotopic (exact) mass is 294 g/mol. The van der Waals surface area contributed by atoms with Crippen molar-refractivity contribution in [3.05, 3.63) is 63.9 Å². The molecule has 0 saturated carbocycles. The average Bonchev–Trinajstić information content (AvgIpc) is 2.43. The van der Waals surface area contributed by atoms with Gasteiger partial charge in [0.05, 0.1) is 18.2 Å². The molecule has 0 heterocycles. The summed E-state index contributed by atoms with van der Waals surface area (Å²) in [5, 5.41) is 10.4. The van der Waals surface area contributed by atoms with E-state index in [9.17, 15) is 9.50 Å². The number of rotatable bonds is 4. The summed E-state index contributed by atoms with van der Waals surface area (Å²) >= 11 is 5.65. The molecule has 0 radical (unpaired) electrons. The van der Waals surface area contributed by atoms with Crippen LogP contribution in [0.15, 0.2) is 36.4 Å². The first-order valence-corrected chi connectivity index (χ1v) is 6.65. The SMILES string of the molecule is COc1ccc(C)cc1C(O)Cc1ccc(Cl)c(F)c1. The van der Waals surface area contributed by atoms with Gasteiger partial charge in [-0.05, 0) is 36.8 Å². The van der Waals surface area contributed by atoms with Crippen LogP contribution < -0.4 is 4.74 Å². The minimum absolute atomic E-state index is 0.0800. The lowest BCUT2D eigenvalue weighted by Crippen LogP contribution is -2.05. The van der Waals surface area contributed by atoms with E-state index in [2.05, 4.69) is 0 Å². The van der Waals surface area contributed by atoms with Gasteiger partial charge in [-0.1, -0.05) is 29.3 Å². The summed E-state index contributed by atoms with van der Waals surface area (Å²) in [7, 11) is 1.56. The van der Waals surface area contributed by atoms with Crippen molar-refractivity contribution in [2.75, 3.05) is 7.11 Å². The highest BCUT2D eigenvalue weighted by atomic mass is 35.5. The molecule has 0 bridgehead atoms. The van der Waals surface area contributed by atoms with Crippen LogP contribution >= 0.6 is 11.6 Å². The van der Waals surface area contributed by atoms with Crippen LogP contribution in [0.5, 0.6) is 5.75 Å². The molecule has 1 N–H and O–H groups in total. The van der Waals surface area contributed by atoms with Gasteiger partial charge in [-0.15, -0.1) is 0 Å². The molecular formula is C16H16ClFO2. The van der Waals surface area contributed by atoms with Crippen LogP contribution in [-0.2, 0) is 6.42 Å². The minimum Gasteiger partial charge on any atom is -0.496 e. The summed E-state index contributed by atoms with van der Waals surface area (Å²) < 4.78 is 18.7. The highest BCUT2D eigenvalue weighted by molar-refractivity contribution is 6.30. The van der Waals surface area contributed by atoms with Crippen LogP contribution in [-0.4, -0.2) is 12.2 Å². The lowest BCUT2D eigenvalue weighted by atomic mass is 9.99. The lowest BCUT2D eigenvalue weighted by molar-refractivity contribution is 0.174. The molecule has 2 aromatic carbocycles. The van der Waals surface area contributed by atoms with Gasteiger partial charge in [-0.3, -0.25) is 0 Å². The molecule has 20 heavy (non-hydrogen) atoms. The van der Waals surface area contributed by atoms with E-state index in [-0.39, 0.29) is 5.02 Å². The zero-order chi connectivity index (χ0) is 14.7. The van der Waals surface area contributed by atoms with Gasteiger partial charge in [0.1, 0.15) is 11.6 Å². The van der Waals surface area contributed by atoms with Gasteiger partial charge in [-0.2, -0.15) is 0 Å². The first kappa shape index (κ1) is 14.8. The number of ether oxygens (including phenoxy) is 1. The molecular weight excluding hydrogens is 279 g/mol. The second kappa shape index (κ2) is 6.25. The minimum atomic E-state index is -0.759. The predicted octanol–water partition coefficient (Wildman–Crippen LogP) is 4.07. The van der Waals surface area contributed by atoms with Crippen LogP contribution in [0.25, 0.3) is 0 Å². The summed E-state index contributed by atoms with van der Waals surface area (Å²) in [4.78, 5) is 0. The fourth-order valence-electron chi connectivity index (χ4n) is 2.11. The Bertz CT molecular complexity index is 613. The third-order valence-electron chi connectivity index (χ3n) is 3.16. The van der Waals surface area contributed by atoms with Crippen LogP contribution in [0.1, 0.15) is 22.8 Å². The van der Waals surface area contributed by atoms with Crippen molar-refractivity contribution in [3.8, 4) is 5.75 Å². The molecule has 1 unspecified atom stereocenters. The molecule has 0 fully saturated rings. The maximum Gasteiger partial charge on any atom is 0.142 e. The molecule has 0 saturated heterocycles. The van der Waals surface area contributed by atoms with Gasteiger partial charge in [0.25, 0.3) is 0 Å². The van der Waals surface area contributed by atoms with Gasteiger partial charge in [0.2, 0.25) is 0 Å². The van der Waals surface area contributed by atoms with E-state index in [1.807, 2.05) is 25.1 Å². The predicted molar refractivity (Wildman–Crippen MR) is 77.8 cm³/mol. The van der Waals surface area contributed by atoms with Crippen LogP contribution in [0.4, 0.5) is 4.39 Å². The molecule has 0 aliphatic heterocycles. The van der Waals surface area contributed by atoms with Crippen LogP contribution in [0, 0.1) is 12.7 Å². The Hall–Kier alpha value is -1.58. The average molecular weight is 295 g/mol. The van der Waals surface area contributed by atoms with E-state index in [4.69, 9.17) is 16.3 Å². The van der Waals surface area contributed by atoms with E-state index in [1.54, 1.807) is 13.2 Å². The Labute approximate surface area is 122 Å². The number of aliphatic hydroxyl groups is 1. The molecule has 0 aliphatic rings. The van der Waals surface area contributed by atoms with Crippen molar-refractivity contribution in [1.82, 2.24) is 0 Å². The molecule has 0 aromatic heterocycles. The molecule has 2 aromatic rings. The third kappa shape index (κ3) is 3.30. The van der Waals surface area contributed by atoms with E-state index in [0.29, 0.717) is 23.3 Å². The zero-order valence-electron chi connectivity index (χ0n) is 11.4. The van der Waals surface area contributed by atoms with Crippen LogP contribution in [0.2, 0.25) is 5.02 Å². The van der Waals surface area contributed by atoms with Gasteiger partial charge >= 0.3 is 0 Å². The van der Waals surface area contributed by atoms with Crippen molar-refractivity contribution in [2.45, 2.75) is 19.4 Å². The van der Waals surface area contributed by atoms with Gasteiger partial charge < -0.3 is 9.84 Å². The summed E-state index contributed by atoms with van der Waals surface area (Å²) in [6.07, 6.45) is -0.459. The Morgan fingerprint density at radius 1 is 1.25 bits per heavy atom. The summed E-state index contributed by atoms with van der Waals surface area (Å²) in [5.41, 5.74) is 2.41. The second-order valence-electron chi connectivity index (χ2n) is 4.71. The third-order valence-corrected chi connectivity index (χ3v) is 3.46. The summed E-state index contributed by atoms with van der Waals surface area (Å²) in [6, 6.07) is 10.1. The van der Waals surface area contributed by atoms with E-state index < -0.39 is 11.9 Å². The molecule has 1 atom stereocenters. The van der Waals surface area contributed by atoms with Gasteiger partial charge in [0.15, 0.2) is 0 Å². The Morgan fingerprint density at radius 3 is 2.65 bits per heavy atom. The fourth-order valence-corrected chi connectivity index (χ4v) is 2.23. The smallest absolute Gasteiger partial charge is 0.142 e. The summed E-state index contributed by atoms with van der Waals surface area (Å²) in [5.74, 6) is 0.144. The molecule has 2 rings (SSSR count). The van der Waals surface area contributed by atoms with Gasteiger partial charge in [-0.25, -0.2) is 4.39 Å². The largest absolute Gasteiger partial charge is 0.496 e. The number of hydrogen-bond donors (Lipinski definition) is 1. The maximum atomic E-state index is 13.4. The number of halogens is 2. The van der Waals surface area contributed by atoms with E-state index >= 15 is 0 Å². The number of benzene rings is 2. The topological polar surface area (TPSA) is 29.5 Å². The van der Waals surface area contributed by atoms with Crippen molar-refractivity contribution < 1.29 is 14.2 Å². The fraction of sp³-hybridized carbons (Fsp3) is 0.250. The number of aryl methyl sites for hydroxylation is 1. The standard InChI is InChI=1S/C16H16ClFO2/c1-10-3-6-16(20-2)12(7-10)15(19)9-11-4-5-13(17)14(18)8-11/h3-8,15,19H,9H2,1-2H3. The van der Waals surface area contributed by atoms with Crippen molar-refractivity contribution in [2.24, 2.45) is 0 Å². The lowest BCUT2D eigenvalue weighted by Gasteiger charge is -2.16. The molecule has 106 valence electrons. The summed E-state index contributed by atoms with van der Waals surface area (Å²) in [6.45, 7) is 1.94. The van der Waals surface area contributed by atoms with Crippen molar-refractivity contribution >= 4 is 11.6 Å². The second-order valence-corrected chi connectivity index (χ2v) is 5.12. The normalized spacial score (nSPS) is 12.2. The number of hydrogen-bond acceptors (Lipinski definition) is 2. The first-order chi connectivity index (χ1) is 9.51. The number of aliphatic hydroxyl groups excluding tert-OH is 1. The molecule has 2 nitrogen and oxygen atoms in total. The molecule has 4 heteroatoms. The van der Waals surface area contributed by atoms with E-state index in [1.165, 1.54) is 12.1 Å². The Morgan fingerprint density at radius 2 is 2.00 bits per heavy atom. The van der Waals surface area contributed by atoms with E-state index in [0.717, 1.165) is 5.56 Å². The quantitative estimate of drug-likeness (QED) is 0.921. The van der Waals surface area contributed by atoms with Crippen molar-refractivity contribution in [1.29, 1.82) is 0 Å². The number of methoxy groups -OCH3 is 1. The highest BCUT2D eigenvalue weighted by Gasteiger charge is 2.15. The van der Waals surface area contributed by atoms with Crippen LogP contribution in [0.3, 0.4) is 0 Å². The molecule has 0 spiro atoms.